The lowest BCUT2D eigenvalue weighted by atomic mass is 10.2. The minimum Gasteiger partial charge on any atom is -0.481 e. The zero-order valence-electron chi connectivity index (χ0n) is 9.90. The number of carbonyl (C=O) groups is 1. The van der Waals surface area contributed by atoms with Gasteiger partial charge in [0.2, 0.25) is 0 Å². The van der Waals surface area contributed by atoms with Crippen LogP contribution in [0.1, 0.15) is 24.8 Å². The molecule has 1 N–H and O–H groups in total. The van der Waals surface area contributed by atoms with Crippen LogP contribution in [0.2, 0.25) is 10.0 Å². The number of hydrogen-bond acceptors (Lipinski definition) is 2. The molecular weight excluding hydrogens is 273 g/mol. The van der Waals surface area contributed by atoms with Crippen LogP contribution in [-0.4, -0.2) is 28.6 Å². The Bertz CT molecular complexity index is 447. The third-order valence-corrected chi connectivity index (χ3v) is 3.66. The van der Waals surface area contributed by atoms with Gasteiger partial charge in [0.25, 0.3) is 0 Å². The number of carboxylic acids is 1. The first-order valence-electron chi connectivity index (χ1n) is 5.96. The van der Waals surface area contributed by atoms with Gasteiger partial charge in [0, 0.05) is 29.2 Å². The summed E-state index contributed by atoms with van der Waals surface area (Å²) < 4.78 is 0. The molecule has 1 aliphatic rings. The van der Waals surface area contributed by atoms with E-state index in [2.05, 4.69) is 4.90 Å². The van der Waals surface area contributed by atoms with Gasteiger partial charge in [-0.3, -0.25) is 9.69 Å². The summed E-state index contributed by atoms with van der Waals surface area (Å²) in [7, 11) is 0. The minimum atomic E-state index is -0.766. The van der Waals surface area contributed by atoms with Crippen molar-refractivity contribution in [1.82, 2.24) is 4.90 Å². The maximum Gasteiger partial charge on any atom is 0.304 e. The second-order valence-corrected chi connectivity index (χ2v) is 5.42. The summed E-state index contributed by atoms with van der Waals surface area (Å²) in [4.78, 5) is 12.8. The third kappa shape index (κ3) is 3.87. The van der Waals surface area contributed by atoms with Gasteiger partial charge in [-0.25, -0.2) is 0 Å². The van der Waals surface area contributed by atoms with Crippen molar-refractivity contribution in [2.24, 2.45) is 0 Å². The van der Waals surface area contributed by atoms with E-state index in [4.69, 9.17) is 28.3 Å². The summed E-state index contributed by atoms with van der Waals surface area (Å²) in [5.74, 6) is -0.766. The molecule has 98 valence electrons. The lowest BCUT2D eigenvalue weighted by Crippen LogP contribution is -2.28. The number of benzene rings is 1. The van der Waals surface area contributed by atoms with E-state index < -0.39 is 5.97 Å². The summed E-state index contributed by atoms with van der Waals surface area (Å²) in [6.07, 6.45) is 2.43. The summed E-state index contributed by atoms with van der Waals surface area (Å²) in [5.41, 5.74) is 0.960. The third-order valence-electron chi connectivity index (χ3n) is 3.06. The van der Waals surface area contributed by atoms with Gasteiger partial charge in [-0.1, -0.05) is 23.2 Å². The second-order valence-electron chi connectivity index (χ2n) is 4.58. The van der Waals surface area contributed by atoms with Crippen LogP contribution in [-0.2, 0) is 11.3 Å². The first-order chi connectivity index (χ1) is 8.56. The van der Waals surface area contributed by atoms with Gasteiger partial charge in [-0.15, -0.1) is 0 Å². The van der Waals surface area contributed by atoms with Crippen LogP contribution in [0.3, 0.4) is 0 Å². The van der Waals surface area contributed by atoms with Gasteiger partial charge in [0.15, 0.2) is 0 Å². The molecule has 0 spiro atoms. The molecule has 1 aromatic carbocycles. The topological polar surface area (TPSA) is 40.5 Å². The van der Waals surface area contributed by atoms with Crippen LogP contribution in [0.5, 0.6) is 0 Å². The predicted molar refractivity (Wildman–Crippen MR) is 72.1 cm³/mol. The van der Waals surface area contributed by atoms with Gasteiger partial charge in [0.05, 0.1) is 6.42 Å². The van der Waals surface area contributed by atoms with Crippen molar-refractivity contribution < 1.29 is 9.90 Å². The molecular formula is C13H15Cl2NO2. The van der Waals surface area contributed by atoms with E-state index in [-0.39, 0.29) is 6.42 Å². The standard InChI is InChI=1S/C13H15Cl2NO2/c14-10-1-4-12(15)9(7-10)8-16(11-2-3-11)6-5-13(17)18/h1,4,7,11H,2-3,5-6,8H2,(H,17,18). The number of nitrogens with zero attached hydrogens (tertiary/aromatic N) is 1. The summed E-state index contributed by atoms with van der Waals surface area (Å²) in [6.45, 7) is 1.22. The molecule has 1 saturated carbocycles. The first kappa shape index (κ1) is 13.7. The first-order valence-corrected chi connectivity index (χ1v) is 6.71. The van der Waals surface area contributed by atoms with Crippen LogP contribution in [0.15, 0.2) is 18.2 Å². The zero-order chi connectivity index (χ0) is 13.1. The van der Waals surface area contributed by atoms with Gasteiger partial charge in [0.1, 0.15) is 0 Å². The van der Waals surface area contributed by atoms with E-state index in [9.17, 15) is 4.79 Å². The lowest BCUT2D eigenvalue weighted by molar-refractivity contribution is -0.137. The average Bonchev–Trinajstić information content (AvgIpc) is 3.12. The molecule has 1 fully saturated rings. The van der Waals surface area contributed by atoms with Crippen molar-refractivity contribution >= 4 is 29.2 Å². The van der Waals surface area contributed by atoms with Crippen molar-refractivity contribution in [3.8, 4) is 0 Å². The normalized spacial score (nSPS) is 15.1. The lowest BCUT2D eigenvalue weighted by Gasteiger charge is -2.21. The average molecular weight is 288 g/mol. The fourth-order valence-corrected chi connectivity index (χ4v) is 2.32. The molecule has 1 aliphatic carbocycles. The van der Waals surface area contributed by atoms with Crippen LogP contribution in [0.4, 0.5) is 0 Å². The van der Waals surface area contributed by atoms with Crippen molar-refractivity contribution in [2.75, 3.05) is 6.54 Å². The molecule has 0 atom stereocenters. The largest absolute Gasteiger partial charge is 0.481 e. The zero-order valence-corrected chi connectivity index (χ0v) is 11.4. The molecule has 0 radical (unpaired) electrons. The maximum atomic E-state index is 10.6. The van der Waals surface area contributed by atoms with Crippen molar-refractivity contribution in [2.45, 2.75) is 31.8 Å². The Kier molecular flexibility index (Phi) is 4.49. The SMILES string of the molecule is O=C(O)CCN(Cc1cc(Cl)ccc1Cl)C1CC1. The maximum absolute atomic E-state index is 10.6. The van der Waals surface area contributed by atoms with E-state index in [1.807, 2.05) is 6.07 Å². The van der Waals surface area contributed by atoms with Crippen LogP contribution in [0, 0.1) is 0 Å². The van der Waals surface area contributed by atoms with Crippen LogP contribution < -0.4 is 0 Å². The van der Waals surface area contributed by atoms with E-state index >= 15 is 0 Å². The highest BCUT2D eigenvalue weighted by molar-refractivity contribution is 6.33. The molecule has 18 heavy (non-hydrogen) atoms. The Morgan fingerprint density at radius 1 is 1.39 bits per heavy atom. The van der Waals surface area contributed by atoms with Crippen LogP contribution in [0.25, 0.3) is 0 Å². The molecule has 0 heterocycles. The van der Waals surface area contributed by atoms with Crippen LogP contribution >= 0.6 is 23.2 Å². The Hall–Kier alpha value is -0.770. The van der Waals surface area contributed by atoms with Crippen molar-refractivity contribution in [3.63, 3.8) is 0 Å². The quantitative estimate of drug-likeness (QED) is 0.871. The second kappa shape index (κ2) is 5.91. The highest BCUT2D eigenvalue weighted by Crippen LogP contribution is 2.30. The molecule has 5 heteroatoms. The summed E-state index contributed by atoms with van der Waals surface area (Å²) >= 11 is 12.1. The molecule has 0 bridgehead atoms. The van der Waals surface area contributed by atoms with E-state index in [1.54, 1.807) is 12.1 Å². The van der Waals surface area contributed by atoms with E-state index in [0.29, 0.717) is 29.2 Å². The van der Waals surface area contributed by atoms with Gasteiger partial charge < -0.3 is 5.11 Å². The number of hydrogen-bond donors (Lipinski definition) is 1. The molecule has 0 aromatic heterocycles. The number of aliphatic carboxylic acids is 1. The fourth-order valence-electron chi connectivity index (χ4n) is 1.95. The van der Waals surface area contributed by atoms with E-state index in [1.165, 1.54) is 0 Å². The van der Waals surface area contributed by atoms with Crippen molar-refractivity contribution in [1.29, 1.82) is 0 Å². The number of rotatable bonds is 6. The minimum absolute atomic E-state index is 0.161. The fraction of sp³-hybridized carbons (Fsp3) is 0.462. The van der Waals surface area contributed by atoms with Gasteiger partial charge in [-0.05, 0) is 36.6 Å². The Balaban J connectivity index is 2.03. The molecule has 0 aliphatic heterocycles. The van der Waals surface area contributed by atoms with Gasteiger partial charge in [-0.2, -0.15) is 0 Å². The molecule has 1 aromatic rings. The van der Waals surface area contributed by atoms with E-state index in [0.717, 1.165) is 18.4 Å². The predicted octanol–water partition coefficient (Wildman–Crippen LogP) is 3.43. The Labute approximate surface area is 116 Å². The number of carboxylic acid groups (broad SMARTS) is 1. The highest BCUT2D eigenvalue weighted by atomic mass is 35.5. The molecule has 3 nitrogen and oxygen atoms in total. The Morgan fingerprint density at radius 3 is 2.72 bits per heavy atom. The monoisotopic (exact) mass is 287 g/mol. The highest BCUT2D eigenvalue weighted by Gasteiger charge is 2.29. The molecule has 0 amide bonds. The smallest absolute Gasteiger partial charge is 0.304 e. The molecule has 2 rings (SSSR count). The number of halogens is 2. The summed E-state index contributed by atoms with van der Waals surface area (Å²) in [5, 5.41) is 10.1. The molecule has 0 saturated heterocycles. The van der Waals surface area contributed by atoms with Crippen molar-refractivity contribution in [3.05, 3.63) is 33.8 Å². The summed E-state index contributed by atoms with van der Waals surface area (Å²) in [6, 6.07) is 5.88. The molecule has 0 unspecified atom stereocenters. The van der Waals surface area contributed by atoms with Gasteiger partial charge >= 0.3 is 5.97 Å². The Morgan fingerprint density at radius 2 is 2.11 bits per heavy atom.